The minimum atomic E-state index is 0.648. The molecule has 0 aliphatic heterocycles. The van der Waals surface area contributed by atoms with E-state index in [1.54, 1.807) is 0 Å². The molecule has 0 amide bonds. The lowest BCUT2D eigenvalue weighted by Gasteiger charge is -2.05. The molecule has 0 aromatic heterocycles. The van der Waals surface area contributed by atoms with E-state index in [2.05, 4.69) is 13.8 Å². The van der Waals surface area contributed by atoms with Crippen LogP contribution in [0.4, 0.5) is 0 Å². The van der Waals surface area contributed by atoms with Gasteiger partial charge in [0.15, 0.2) is 0 Å². The van der Waals surface area contributed by atoms with Crippen LogP contribution in [0.25, 0.3) is 0 Å². The maximum absolute atomic E-state index is 5.26. The van der Waals surface area contributed by atoms with Gasteiger partial charge in [0, 0.05) is 13.2 Å². The van der Waals surface area contributed by atoms with Gasteiger partial charge in [-0.1, -0.05) is 13.8 Å². The lowest BCUT2D eigenvalue weighted by molar-refractivity contribution is 0.0154. The van der Waals surface area contributed by atoms with Crippen molar-refractivity contribution in [3.63, 3.8) is 0 Å². The van der Waals surface area contributed by atoms with E-state index in [0.717, 1.165) is 26.1 Å². The van der Waals surface area contributed by atoms with Crippen molar-refractivity contribution >= 4 is 0 Å². The molecule has 0 aliphatic carbocycles. The maximum Gasteiger partial charge on any atom is 0.0701 e. The summed E-state index contributed by atoms with van der Waals surface area (Å²) < 4.78 is 15.7. The molecule has 0 heterocycles. The van der Waals surface area contributed by atoms with Gasteiger partial charge in [0.05, 0.1) is 26.4 Å². The number of hydrogen-bond donors (Lipinski definition) is 0. The van der Waals surface area contributed by atoms with Crippen molar-refractivity contribution in [1.82, 2.24) is 0 Å². The number of ether oxygens (including phenoxy) is 3. The van der Waals surface area contributed by atoms with Crippen molar-refractivity contribution in [3.8, 4) is 0 Å². The summed E-state index contributed by atoms with van der Waals surface area (Å²) in [5, 5.41) is 0. The van der Waals surface area contributed by atoms with E-state index >= 15 is 0 Å². The fourth-order valence-corrected chi connectivity index (χ4v) is 0.788. The van der Waals surface area contributed by atoms with Crippen LogP contribution in [0.2, 0.25) is 0 Å². The van der Waals surface area contributed by atoms with Crippen LogP contribution in [-0.2, 0) is 14.2 Å². The van der Waals surface area contributed by atoms with Crippen molar-refractivity contribution in [2.75, 3.05) is 39.6 Å². The van der Waals surface area contributed by atoms with Crippen LogP contribution in [0.15, 0.2) is 0 Å². The van der Waals surface area contributed by atoms with Gasteiger partial charge in [0.25, 0.3) is 0 Å². The first kappa shape index (κ1) is 12.9. The van der Waals surface area contributed by atoms with E-state index in [-0.39, 0.29) is 0 Å². The second kappa shape index (κ2) is 11.9. The Hall–Kier alpha value is -0.120. The molecule has 0 unspecified atom stereocenters. The first-order valence-corrected chi connectivity index (χ1v) is 4.94. The maximum atomic E-state index is 5.26. The zero-order valence-electron chi connectivity index (χ0n) is 8.59. The fourth-order valence-electron chi connectivity index (χ4n) is 0.788. The third kappa shape index (κ3) is 11.9. The van der Waals surface area contributed by atoms with Crippen molar-refractivity contribution < 1.29 is 14.2 Å². The zero-order valence-corrected chi connectivity index (χ0v) is 8.59. The molecule has 3 heteroatoms. The van der Waals surface area contributed by atoms with Crippen molar-refractivity contribution in [2.24, 2.45) is 0 Å². The highest BCUT2D eigenvalue weighted by atomic mass is 16.5. The average Bonchev–Trinajstić information content (AvgIpc) is 2.16. The van der Waals surface area contributed by atoms with Gasteiger partial charge in [-0.3, -0.25) is 0 Å². The first-order valence-electron chi connectivity index (χ1n) is 4.94. The smallest absolute Gasteiger partial charge is 0.0701 e. The lowest BCUT2D eigenvalue weighted by Crippen LogP contribution is -2.09. The quantitative estimate of drug-likeness (QED) is 0.489. The number of hydrogen-bond acceptors (Lipinski definition) is 3. The van der Waals surface area contributed by atoms with Crippen LogP contribution in [0.3, 0.4) is 0 Å². The predicted octanol–water partition coefficient (Wildman–Crippen LogP) is 1.67. The van der Waals surface area contributed by atoms with Gasteiger partial charge in [-0.25, -0.2) is 0 Å². The molecule has 0 rings (SSSR count). The summed E-state index contributed by atoms with van der Waals surface area (Å²) in [7, 11) is 0. The molecule has 0 aromatic rings. The Morgan fingerprint density at radius 2 is 1.23 bits per heavy atom. The summed E-state index contributed by atoms with van der Waals surface area (Å²) >= 11 is 0. The van der Waals surface area contributed by atoms with Gasteiger partial charge in [0.2, 0.25) is 0 Å². The topological polar surface area (TPSA) is 27.7 Å². The molecule has 1 radical (unpaired) electrons. The van der Waals surface area contributed by atoms with E-state index in [0.29, 0.717) is 26.4 Å². The fraction of sp³-hybridized carbons (Fsp3) is 0.900. The Bertz CT molecular complexity index is 76.2. The van der Waals surface area contributed by atoms with Crippen LogP contribution in [0, 0.1) is 6.92 Å². The first-order chi connectivity index (χ1) is 6.41. The third-order valence-corrected chi connectivity index (χ3v) is 1.38. The molecule has 0 aliphatic rings. The second-order valence-electron chi connectivity index (χ2n) is 2.69. The third-order valence-electron chi connectivity index (χ3n) is 1.38. The largest absolute Gasteiger partial charge is 0.379 e. The van der Waals surface area contributed by atoms with Gasteiger partial charge < -0.3 is 14.2 Å². The van der Waals surface area contributed by atoms with E-state index < -0.39 is 0 Å². The molecule has 3 nitrogen and oxygen atoms in total. The Morgan fingerprint density at radius 1 is 0.769 bits per heavy atom. The molecule has 0 fully saturated rings. The van der Waals surface area contributed by atoms with Crippen LogP contribution in [-0.4, -0.2) is 39.6 Å². The van der Waals surface area contributed by atoms with Gasteiger partial charge in [-0.15, -0.1) is 0 Å². The van der Waals surface area contributed by atoms with E-state index in [4.69, 9.17) is 14.2 Å². The lowest BCUT2D eigenvalue weighted by atomic mass is 10.5. The average molecular weight is 189 g/mol. The SMILES string of the molecule is [CH2]CCOCCOCCOCCC. The molecular formula is C10H21O3. The highest BCUT2D eigenvalue weighted by Gasteiger charge is 1.89. The van der Waals surface area contributed by atoms with E-state index in [9.17, 15) is 0 Å². The van der Waals surface area contributed by atoms with Crippen LogP contribution in [0.5, 0.6) is 0 Å². The van der Waals surface area contributed by atoms with E-state index in [1.165, 1.54) is 0 Å². The molecule has 0 bridgehead atoms. The predicted molar refractivity (Wildman–Crippen MR) is 52.7 cm³/mol. The summed E-state index contributed by atoms with van der Waals surface area (Å²) in [6, 6.07) is 0. The Labute approximate surface area is 81.4 Å². The summed E-state index contributed by atoms with van der Waals surface area (Å²) in [5.74, 6) is 0. The molecule has 0 atom stereocenters. The van der Waals surface area contributed by atoms with Crippen LogP contribution in [0.1, 0.15) is 19.8 Å². The standard InChI is InChI=1S/C10H21O3/c1-3-5-11-7-9-13-10-8-12-6-4-2/h1,3-10H2,2H3. The summed E-state index contributed by atoms with van der Waals surface area (Å²) in [6.07, 6.45) is 1.88. The van der Waals surface area contributed by atoms with Gasteiger partial charge in [0.1, 0.15) is 0 Å². The molecule has 79 valence electrons. The van der Waals surface area contributed by atoms with Crippen molar-refractivity contribution in [3.05, 3.63) is 6.92 Å². The Morgan fingerprint density at radius 3 is 1.69 bits per heavy atom. The zero-order chi connectivity index (χ0) is 9.78. The molecule has 0 saturated carbocycles. The molecule has 13 heavy (non-hydrogen) atoms. The molecule has 0 aromatic carbocycles. The van der Waals surface area contributed by atoms with Crippen molar-refractivity contribution in [2.45, 2.75) is 19.8 Å². The Balaban J connectivity index is 2.76. The minimum Gasteiger partial charge on any atom is -0.379 e. The van der Waals surface area contributed by atoms with Crippen molar-refractivity contribution in [1.29, 1.82) is 0 Å². The van der Waals surface area contributed by atoms with Gasteiger partial charge in [-0.2, -0.15) is 0 Å². The molecule has 0 N–H and O–H groups in total. The van der Waals surface area contributed by atoms with Gasteiger partial charge >= 0.3 is 0 Å². The second-order valence-corrected chi connectivity index (χ2v) is 2.69. The Kier molecular flexibility index (Phi) is 11.8. The van der Waals surface area contributed by atoms with E-state index in [1.807, 2.05) is 0 Å². The van der Waals surface area contributed by atoms with Crippen LogP contribution >= 0.6 is 0 Å². The molecule has 0 saturated heterocycles. The molecular weight excluding hydrogens is 168 g/mol. The molecule has 0 spiro atoms. The highest BCUT2D eigenvalue weighted by molar-refractivity contribution is 4.37. The normalized spacial score (nSPS) is 10.6. The van der Waals surface area contributed by atoms with Gasteiger partial charge in [-0.05, 0) is 12.8 Å². The summed E-state index contributed by atoms with van der Waals surface area (Å²) in [6.45, 7) is 9.95. The highest BCUT2D eigenvalue weighted by Crippen LogP contribution is 1.83. The minimum absolute atomic E-state index is 0.648. The van der Waals surface area contributed by atoms with Crippen LogP contribution < -0.4 is 0 Å². The summed E-state index contributed by atoms with van der Waals surface area (Å²) in [4.78, 5) is 0. The summed E-state index contributed by atoms with van der Waals surface area (Å²) in [5.41, 5.74) is 0. The number of rotatable bonds is 10. The monoisotopic (exact) mass is 189 g/mol.